The molecule has 0 aromatic rings. The first-order valence-electron chi connectivity index (χ1n) is 5.97. The molecule has 0 aliphatic carbocycles. The predicted octanol–water partition coefficient (Wildman–Crippen LogP) is 1.97. The largest absolute Gasteiger partial charge is 0.411 e. The Morgan fingerprint density at radius 1 is 1.56 bits per heavy atom. The summed E-state index contributed by atoms with van der Waals surface area (Å²) in [5.74, 6) is 0.365. The van der Waals surface area contributed by atoms with Crippen molar-refractivity contribution >= 4 is 5.71 Å². The minimum absolute atomic E-state index is 0.0470. The molecule has 1 heterocycles. The Labute approximate surface area is 98.3 Å². The Bertz CT molecular complexity index is 251. The van der Waals surface area contributed by atoms with E-state index in [1.54, 1.807) is 7.11 Å². The summed E-state index contributed by atoms with van der Waals surface area (Å²) in [6.45, 7) is 9.36. The molecule has 4 heteroatoms. The zero-order chi connectivity index (χ0) is 12.2. The molecule has 0 radical (unpaired) electrons. The lowest BCUT2D eigenvalue weighted by atomic mass is 9.96. The average Bonchev–Trinajstić information content (AvgIpc) is 2.27. The third kappa shape index (κ3) is 3.76. The van der Waals surface area contributed by atoms with Gasteiger partial charge in [0.25, 0.3) is 0 Å². The van der Waals surface area contributed by atoms with Crippen LogP contribution in [0.15, 0.2) is 5.16 Å². The van der Waals surface area contributed by atoms with Gasteiger partial charge in [0.15, 0.2) is 0 Å². The number of ether oxygens (including phenoxy) is 1. The van der Waals surface area contributed by atoms with E-state index < -0.39 is 0 Å². The van der Waals surface area contributed by atoms with Crippen molar-refractivity contribution < 1.29 is 9.94 Å². The van der Waals surface area contributed by atoms with Crippen LogP contribution in [0.25, 0.3) is 0 Å². The number of likely N-dealkylation sites (tertiary alicyclic amines) is 1. The molecule has 1 atom stereocenters. The van der Waals surface area contributed by atoms with E-state index in [9.17, 15) is 0 Å². The second-order valence-electron chi connectivity index (χ2n) is 5.26. The van der Waals surface area contributed by atoms with E-state index in [-0.39, 0.29) is 5.60 Å². The molecule has 1 N–H and O–H groups in total. The zero-order valence-corrected chi connectivity index (χ0v) is 10.9. The maximum Gasteiger partial charge on any atom is 0.0634 e. The van der Waals surface area contributed by atoms with E-state index in [0.717, 1.165) is 38.2 Å². The van der Waals surface area contributed by atoms with Crippen molar-refractivity contribution in [3.05, 3.63) is 0 Å². The summed E-state index contributed by atoms with van der Waals surface area (Å²) in [6, 6.07) is 0. The molecule has 0 spiro atoms. The predicted molar refractivity (Wildman–Crippen MR) is 65.1 cm³/mol. The summed E-state index contributed by atoms with van der Waals surface area (Å²) in [7, 11) is 1.76. The standard InChI is InChI=1S/C12H24N2O2/c1-10-9-14(7-5-11(10)13-15)8-6-12(2,3)16-4/h10,15H,5-9H2,1-4H3. The van der Waals surface area contributed by atoms with Crippen LogP contribution in [0.5, 0.6) is 0 Å². The summed E-state index contributed by atoms with van der Waals surface area (Å²) in [5, 5.41) is 12.1. The van der Waals surface area contributed by atoms with Gasteiger partial charge in [-0.15, -0.1) is 0 Å². The molecule has 0 saturated carbocycles. The van der Waals surface area contributed by atoms with Gasteiger partial charge in [-0.2, -0.15) is 0 Å². The normalized spacial score (nSPS) is 26.2. The molecule has 16 heavy (non-hydrogen) atoms. The van der Waals surface area contributed by atoms with Crippen LogP contribution in [-0.4, -0.2) is 48.2 Å². The van der Waals surface area contributed by atoms with Gasteiger partial charge < -0.3 is 14.8 Å². The first-order chi connectivity index (χ1) is 7.48. The molecule has 1 aliphatic rings. The molecule has 0 aromatic carbocycles. The van der Waals surface area contributed by atoms with Gasteiger partial charge in [0, 0.05) is 39.1 Å². The number of hydrogen-bond donors (Lipinski definition) is 1. The highest BCUT2D eigenvalue weighted by Crippen LogP contribution is 2.18. The van der Waals surface area contributed by atoms with E-state index in [1.165, 1.54) is 0 Å². The third-order valence-electron chi connectivity index (χ3n) is 3.50. The van der Waals surface area contributed by atoms with Crippen molar-refractivity contribution in [2.45, 2.75) is 39.2 Å². The zero-order valence-electron chi connectivity index (χ0n) is 10.9. The van der Waals surface area contributed by atoms with Crippen LogP contribution in [0.1, 0.15) is 33.6 Å². The maximum absolute atomic E-state index is 8.79. The van der Waals surface area contributed by atoms with Crippen molar-refractivity contribution in [2.75, 3.05) is 26.7 Å². The highest BCUT2D eigenvalue weighted by atomic mass is 16.5. The van der Waals surface area contributed by atoms with Gasteiger partial charge in [0.2, 0.25) is 0 Å². The molecule has 1 rings (SSSR count). The van der Waals surface area contributed by atoms with Gasteiger partial charge in [-0.05, 0) is 20.3 Å². The molecule has 1 saturated heterocycles. The molecule has 1 unspecified atom stereocenters. The van der Waals surface area contributed by atoms with Crippen LogP contribution < -0.4 is 0 Å². The third-order valence-corrected chi connectivity index (χ3v) is 3.50. The lowest BCUT2D eigenvalue weighted by Gasteiger charge is -2.33. The summed E-state index contributed by atoms with van der Waals surface area (Å²) in [6.07, 6.45) is 1.91. The van der Waals surface area contributed by atoms with Crippen molar-refractivity contribution in [2.24, 2.45) is 11.1 Å². The van der Waals surface area contributed by atoms with Crippen LogP contribution in [0.4, 0.5) is 0 Å². The SMILES string of the molecule is COC(C)(C)CCN1CCC(=NO)C(C)C1. The van der Waals surface area contributed by atoms with Crippen LogP contribution in [-0.2, 0) is 4.74 Å². The highest BCUT2D eigenvalue weighted by molar-refractivity contribution is 5.86. The number of piperidine rings is 1. The molecule has 1 fully saturated rings. The molecule has 94 valence electrons. The van der Waals surface area contributed by atoms with E-state index >= 15 is 0 Å². The summed E-state index contributed by atoms with van der Waals surface area (Å²) in [4.78, 5) is 2.42. The van der Waals surface area contributed by atoms with E-state index in [4.69, 9.17) is 9.94 Å². The van der Waals surface area contributed by atoms with Crippen molar-refractivity contribution in [3.8, 4) is 0 Å². The number of methoxy groups -OCH3 is 1. The van der Waals surface area contributed by atoms with Crippen molar-refractivity contribution in [1.82, 2.24) is 4.90 Å². The van der Waals surface area contributed by atoms with Crippen molar-refractivity contribution in [3.63, 3.8) is 0 Å². The van der Waals surface area contributed by atoms with Gasteiger partial charge in [-0.3, -0.25) is 0 Å². The minimum Gasteiger partial charge on any atom is -0.411 e. The fourth-order valence-corrected chi connectivity index (χ4v) is 1.98. The van der Waals surface area contributed by atoms with Crippen LogP contribution in [0, 0.1) is 5.92 Å². The van der Waals surface area contributed by atoms with Gasteiger partial charge in [0.1, 0.15) is 0 Å². The van der Waals surface area contributed by atoms with E-state index in [1.807, 2.05) is 0 Å². The fourth-order valence-electron chi connectivity index (χ4n) is 1.98. The first kappa shape index (κ1) is 13.5. The Hall–Kier alpha value is -0.610. The summed E-state index contributed by atoms with van der Waals surface area (Å²) >= 11 is 0. The van der Waals surface area contributed by atoms with Gasteiger partial charge in [0.05, 0.1) is 11.3 Å². The average molecular weight is 228 g/mol. The number of nitrogens with zero attached hydrogens (tertiary/aromatic N) is 2. The lowest BCUT2D eigenvalue weighted by molar-refractivity contribution is 0.00654. The van der Waals surface area contributed by atoms with Crippen molar-refractivity contribution in [1.29, 1.82) is 0 Å². The second kappa shape index (κ2) is 5.64. The van der Waals surface area contributed by atoms with Crippen LogP contribution in [0.2, 0.25) is 0 Å². The Morgan fingerprint density at radius 3 is 2.75 bits per heavy atom. The first-order valence-corrected chi connectivity index (χ1v) is 5.97. The van der Waals surface area contributed by atoms with Crippen LogP contribution >= 0.6 is 0 Å². The molecule has 0 aromatic heterocycles. The van der Waals surface area contributed by atoms with Gasteiger partial charge in [-0.1, -0.05) is 12.1 Å². The van der Waals surface area contributed by atoms with Gasteiger partial charge in [-0.25, -0.2) is 0 Å². The summed E-state index contributed by atoms with van der Waals surface area (Å²) in [5.41, 5.74) is 0.886. The Kier molecular flexibility index (Phi) is 4.74. The number of hydrogen-bond acceptors (Lipinski definition) is 4. The second-order valence-corrected chi connectivity index (χ2v) is 5.26. The fraction of sp³-hybridized carbons (Fsp3) is 0.917. The van der Waals surface area contributed by atoms with Crippen LogP contribution in [0.3, 0.4) is 0 Å². The topological polar surface area (TPSA) is 45.1 Å². The van der Waals surface area contributed by atoms with E-state index in [2.05, 4.69) is 30.8 Å². The summed E-state index contributed by atoms with van der Waals surface area (Å²) < 4.78 is 5.41. The van der Waals surface area contributed by atoms with Gasteiger partial charge >= 0.3 is 0 Å². The number of oxime groups is 1. The Morgan fingerprint density at radius 2 is 2.25 bits per heavy atom. The molecule has 0 amide bonds. The maximum atomic E-state index is 8.79. The molecular weight excluding hydrogens is 204 g/mol. The number of rotatable bonds is 4. The minimum atomic E-state index is -0.0470. The van der Waals surface area contributed by atoms with E-state index in [0.29, 0.717) is 5.92 Å². The highest BCUT2D eigenvalue weighted by Gasteiger charge is 2.24. The lowest BCUT2D eigenvalue weighted by Crippen LogP contribution is -2.42. The quantitative estimate of drug-likeness (QED) is 0.591. The smallest absolute Gasteiger partial charge is 0.0634 e. The molecule has 4 nitrogen and oxygen atoms in total. The monoisotopic (exact) mass is 228 g/mol. The Balaban J connectivity index is 2.36. The molecule has 0 bridgehead atoms. The molecular formula is C12H24N2O2. The molecule has 1 aliphatic heterocycles.